The zero-order valence-corrected chi connectivity index (χ0v) is 13.6. The van der Waals surface area contributed by atoms with Gasteiger partial charge in [0.25, 0.3) is 0 Å². The van der Waals surface area contributed by atoms with Crippen molar-refractivity contribution in [1.82, 2.24) is 14.5 Å². The van der Waals surface area contributed by atoms with E-state index >= 15 is 0 Å². The molecule has 5 heteroatoms. The van der Waals surface area contributed by atoms with Crippen LogP contribution in [-0.2, 0) is 7.05 Å². The molecule has 4 aromatic rings. The van der Waals surface area contributed by atoms with Crippen molar-refractivity contribution in [1.29, 1.82) is 0 Å². The molecule has 0 saturated carbocycles. The van der Waals surface area contributed by atoms with E-state index in [1.54, 1.807) is 0 Å². The standard InChI is InChI=1S/C19H17N5/c1-13(17-11-14-7-3-4-8-15(14)12-20-17)22-23-19-21-16-9-5-6-10-18(16)24(19)2/h3-12H,1-2H3,(H,21,23)/b22-13-. The topological polar surface area (TPSA) is 55.1 Å². The molecule has 5 nitrogen and oxygen atoms in total. The summed E-state index contributed by atoms with van der Waals surface area (Å²) < 4.78 is 1.99. The number of fused-ring (bicyclic) bond motifs is 2. The highest BCUT2D eigenvalue weighted by molar-refractivity contribution is 6.00. The summed E-state index contributed by atoms with van der Waals surface area (Å²) in [5.41, 5.74) is 6.72. The van der Waals surface area contributed by atoms with Crippen LogP contribution in [-0.4, -0.2) is 20.2 Å². The minimum Gasteiger partial charge on any atom is -0.312 e. The molecule has 2 heterocycles. The van der Waals surface area contributed by atoms with Crippen LogP contribution in [0.5, 0.6) is 0 Å². The second-order valence-corrected chi connectivity index (χ2v) is 5.71. The molecule has 0 bridgehead atoms. The normalized spacial score (nSPS) is 12.0. The predicted molar refractivity (Wildman–Crippen MR) is 98.3 cm³/mol. The van der Waals surface area contributed by atoms with E-state index in [2.05, 4.69) is 32.6 Å². The van der Waals surface area contributed by atoms with Gasteiger partial charge in [-0.3, -0.25) is 4.98 Å². The monoisotopic (exact) mass is 315 g/mol. The van der Waals surface area contributed by atoms with Gasteiger partial charge in [-0.15, -0.1) is 0 Å². The third kappa shape index (κ3) is 2.50. The SMILES string of the molecule is C/C(=N/Nc1nc2ccccc2n1C)c1cc2ccccc2cn1. The number of hydrogen-bond acceptors (Lipinski definition) is 4. The van der Waals surface area contributed by atoms with Crippen LogP contribution >= 0.6 is 0 Å². The smallest absolute Gasteiger partial charge is 0.224 e. The lowest BCUT2D eigenvalue weighted by molar-refractivity contribution is 0.942. The molecule has 0 spiro atoms. The Morgan fingerprint density at radius 1 is 1.04 bits per heavy atom. The Hall–Kier alpha value is -3.21. The second-order valence-electron chi connectivity index (χ2n) is 5.71. The van der Waals surface area contributed by atoms with Crippen molar-refractivity contribution >= 4 is 33.5 Å². The number of benzene rings is 2. The van der Waals surface area contributed by atoms with Crippen LogP contribution in [0.3, 0.4) is 0 Å². The second kappa shape index (κ2) is 5.77. The van der Waals surface area contributed by atoms with Gasteiger partial charge in [0.05, 0.1) is 22.4 Å². The van der Waals surface area contributed by atoms with Gasteiger partial charge in [0, 0.05) is 18.6 Å². The molecule has 4 rings (SSSR count). The number of imidazole rings is 1. The molecule has 1 N–H and O–H groups in total. The highest BCUT2D eigenvalue weighted by Crippen LogP contribution is 2.18. The van der Waals surface area contributed by atoms with Crippen molar-refractivity contribution < 1.29 is 0 Å². The van der Waals surface area contributed by atoms with Gasteiger partial charge >= 0.3 is 0 Å². The van der Waals surface area contributed by atoms with Gasteiger partial charge in [-0.05, 0) is 30.5 Å². The molecular weight excluding hydrogens is 298 g/mol. The summed E-state index contributed by atoms with van der Waals surface area (Å²) in [6.45, 7) is 1.94. The van der Waals surface area contributed by atoms with E-state index in [0.29, 0.717) is 5.95 Å². The summed E-state index contributed by atoms with van der Waals surface area (Å²) in [7, 11) is 1.97. The molecule has 2 aromatic carbocycles. The van der Waals surface area contributed by atoms with Crippen LogP contribution in [0.1, 0.15) is 12.6 Å². The number of pyridine rings is 1. The molecule has 118 valence electrons. The van der Waals surface area contributed by atoms with Gasteiger partial charge in [-0.1, -0.05) is 36.4 Å². The molecule has 0 fully saturated rings. The van der Waals surface area contributed by atoms with Gasteiger partial charge in [0.15, 0.2) is 0 Å². The quantitative estimate of drug-likeness (QED) is 0.460. The van der Waals surface area contributed by atoms with Gasteiger partial charge < -0.3 is 4.57 Å². The third-order valence-corrected chi connectivity index (χ3v) is 4.11. The summed E-state index contributed by atoms with van der Waals surface area (Å²) in [4.78, 5) is 9.04. The molecular formula is C19H17N5. The third-order valence-electron chi connectivity index (χ3n) is 4.11. The number of aromatic nitrogens is 3. The highest BCUT2D eigenvalue weighted by atomic mass is 15.4. The number of nitrogens with one attached hydrogen (secondary N) is 1. The van der Waals surface area contributed by atoms with E-state index in [4.69, 9.17) is 0 Å². The van der Waals surface area contributed by atoms with Crippen molar-refractivity contribution in [2.75, 3.05) is 5.43 Å². The number of aryl methyl sites for hydroxylation is 1. The van der Waals surface area contributed by atoms with E-state index in [9.17, 15) is 0 Å². The largest absolute Gasteiger partial charge is 0.312 e. The van der Waals surface area contributed by atoms with Crippen molar-refractivity contribution in [3.63, 3.8) is 0 Å². The molecule has 0 aliphatic heterocycles. The average Bonchev–Trinajstić information content (AvgIpc) is 2.95. The fraction of sp³-hybridized carbons (Fsp3) is 0.105. The lowest BCUT2D eigenvalue weighted by Gasteiger charge is -2.04. The summed E-state index contributed by atoms with van der Waals surface area (Å²) >= 11 is 0. The van der Waals surface area contributed by atoms with Gasteiger partial charge in [0.2, 0.25) is 5.95 Å². The molecule has 24 heavy (non-hydrogen) atoms. The first-order chi connectivity index (χ1) is 11.7. The zero-order chi connectivity index (χ0) is 16.5. The Morgan fingerprint density at radius 2 is 1.79 bits per heavy atom. The van der Waals surface area contributed by atoms with Crippen LogP contribution in [0, 0.1) is 0 Å². The number of nitrogens with zero attached hydrogens (tertiary/aromatic N) is 4. The van der Waals surface area contributed by atoms with Crippen molar-refractivity contribution in [2.24, 2.45) is 12.1 Å². The lowest BCUT2D eigenvalue weighted by Crippen LogP contribution is -2.05. The van der Waals surface area contributed by atoms with Gasteiger partial charge in [-0.25, -0.2) is 10.4 Å². The van der Waals surface area contributed by atoms with E-state index < -0.39 is 0 Å². The number of anilines is 1. The van der Waals surface area contributed by atoms with E-state index in [1.807, 2.05) is 67.2 Å². The Balaban J connectivity index is 1.65. The Morgan fingerprint density at radius 3 is 2.62 bits per heavy atom. The molecule has 0 aliphatic rings. The fourth-order valence-electron chi connectivity index (χ4n) is 2.72. The van der Waals surface area contributed by atoms with Gasteiger partial charge in [-0.2, -0.15) is 5.10 Å². The minimum atomic E-state index is 0.705. The van der Waals surface area contributed by atoms with Crippen molar-refractivity contribution in [3.8, 4) is 0 Å². The summed E-state index contributed by atoms with van der Waals surface area (Å²) in [6, 6.07) is 18.2. The molecule has 0 saturated heterocycles. The van der Waals surface area contributed by atoms with E-state index in [1.165, 1.54) is 0 Å². The van der Waals surface area contributed by atoms with E-state index in [0.717, 1.165) is 33.2 Å². The van der Waals surface area contributed by atoms with Crippen LogP contribution in [0.15, 0.2) is 65.9 Å². The number of hydrazone groups is 1. The zero-order valence-electron chi connectivity index (χ0n) is 13.6. The molecule has 0 aliphatic carbocycles. The van der Waals surface area contributed by atoms with E-state index in [-0.39, 0.29) is 0 Å². The molecule has 0 amide bonds. The Kier molecular flexibility index (Phi) is 3.46. The average molecular weight is 315 g/mol. The molecule has 0 unspecified atom stereocenters. The maximum absolute atomic E-state index is 4.55. The number of para-hydroxylation sites is 2. The molecule has 0 radical (unpaired) electrons. The predicted octanol–water partition coefficient (Wildman–Crippen LogP) is 3.96. The fourth-order valence-corrected chi connectivity index (χ4v) is 2.72. The van der Waals surface area contributed by atoms with Crippen molar-refractivity contribution in [3.05, 3.63) is 66.5 Å². The maximum Gasteiger partial charge on any atom is 0.224 e. The number of rotatable bonds is 3. The Labute approximate surface area is 139 Å². The summed E-state index contributed by atoms with van der Waals surface area (Å²) in [5, 5.41) is 6.72. The minimum absolute atomic E-state index is 0.705. The first kappa shape index (κ1) is 14.4. The molecule has 2 aromatic heterocycles. The van der Waals surface area contributed by atoms with Crippen LogP contribution in [0.4, 0.5) is 5.95 Å². The number of hydrogen-bond donors (Lipinski definition) is 1. The Bertz CT molecular complexity index is 1060. The van der Waals surface area contributed by atoms with Crippen LogP contribution < -0.4 is 5.43 Å². The first-order valence-corrected chi connectivity index (χ1v) is 7.79. The highest BCUT2D eigenvalue weighted by Gasteiger charge is 2.07. The van der Waals surface area contributed by atoms with Crippen LogP contribution in [0.25, 0.3) is 21.8 Å². The summed E-state index contributed by atoms with van der Waals surface area (Å²) in [6.07, 6.45) is 1.87. The van der Waals surface area contributed by atoms with Gasteiger partial charge in [0.1, 0.15) is 0 Å². The lowest BCUT2D eigenvalue weighted by atomic mass is 10.1. The maximum atomic E-state index is 4.55. The summed E-state index contributed by atoms with van der Waals surface area (Å²) in [5.74, 6) is 0.705. The van der Waals surface area contributed by atoms with Crippen LogP contribution in [0.2, 0.25) is 0 Å². The first-order valence-electron chi connectivity index (χ1n) is 7.79. The molecule has 0 atom stereocenters. The van der Waals surface area contributed by atoms with Crippen molar-refractivity contribution in [2.45, 2.75) is 6.92 Å².